The number of hydrogen-bond acceptors (Lipinski definition) is 3. The Balaban J connectivity index is 2.13. The summed E-state index contributed by atoms with van der Waals surface area (Å²) in [7, 11) is 0. The van der Waals surface area contributed by atoms with Crippen LogP contribution in [0.1, 0.15) is 12.8 Å². The Bertz CT molecular complexity index is 144. The molecule has 0 aromatic rings. The van der Waals surface area contributed by atoms with Gasteiger partial charge in [-0.1, -0.05) is 6.08 Å². The summed E-state index contributed by atoms with van der Waals surface area (Å²) >= 11 is 0. The molecular formula is C10H19NO2. The van der Waals surface area contributed by atoms with Crippen molar-refractivity contribution >= 4 is 0 Å². The van der Waals surface area contributed by atoms with Crippen LogP contribution in [0.25, 0.3) is 0 Å². The molecule has 76 valence electrons. The highest BCUT2D eigenvalue weighted by molar-refractivity contribution is 4.76. The van der Waals surface area contributed by atoms with E-state index in [0.717, 1.165) is 25.9 Å². The fraction of sp³-hybridized carbons (Fsp3) is 0.800. The number of rotatable bonds is 5. The van der Waals surface area contributed by atoms with Gasteiger partial charge in [0.25, 0.3) is 0 Å². The van der Waals surface area contributed by atoms with Gasteiger partial charge in [-0.05, 0) is 25.3 Å². The smallest absolute Gasteiger partial charge is 0.0814 e. The van der Waals surface area contributed by atoms with Crippen LogP contribution in [0.15, 0.2) is 12.7 Å². The average Bonchev–Trinajstić information content (AvgIpc) is 2.19. The molecule has 2 atom stereocenters. The van der Waals surface area contributed by atoms with Crippen LogP contribution in [-0.4, -0.2) is 37.5 Å². The van der Waals surface area contributed by atoms with Crippen LogP contribution in [0.4, 0.5) is 0 Å². The van der Waals surface area contributed by atoms with E-state index in [1.807, 2.05) is 0 Å². The molecule has 0 aliphatic carbocycles. The van der Waals surface area contributed by atoms with Gasteiger partial charge in [0.05, 0.1) is 19.3 Å². The average molecular weight is 185 g/mol. The van der Waals surface area contributed by atoms with Crippen LogP contribution in [0.3, 0.4) is 0 Å². The highest BCUT2D eigenvalue weighted by atomic mass is 16.5. The molecule has 0 amide bonds. The zero-order chi connectivity index (χ0) is 9.52. The first-order valence-corrected chi connectivity index (χ1v) is 4.92. The second-order valence-electron chi connectivity index (χ2n) is 3.50. The molecule has 3 heteroatoms. The van der Waals surface area contributed by atoms with Gasteiger partial charge in [-0.15, -0.1) is 6.58 Å². The maximum Gasteiger partial charge on any atom is 0.0814 e. The van der Waals surface area contributed by atoms with Crippen molar-refractivity contribution in [3.8, 4) is 0 Å². The Hall–Kier alpha value is -0.380. The Morgan fingerprint density at radius 2 is 2.54 bits per heavy atom. The van der Waals surface area contributed by atoms with Crippen LogP contribution in [0.2, 0.25) is 0 Å². The molecule has 0 radical (unpaired) electrons. The fourth-order valence-corrected chi connectivity index (χ4v) is 1.62. The highest BCUT2D eigenvalue weighted by Crippen LogP contribution is 2.14. The van der Waals surface area contributed by atoms with Crippen molar-refractivity contribution in [3.63, 3.8) is 0 Å². The predicted molar refractivity (Wildman–Crippen MR) is 52.6 cm³/mol. The fourth-order valence-electron chi connectivity index (χ4n) is 1.62. The number of piperidine rings is 1. The molecule has 0 bridgehead atoms. The van der Waals surface area contributed by atoms with Gasteiger partial charge in [0.2, 0.25) is 0 Å². The van der Waals surface area contributed by atoms with E-state index in [-0.39, 0.29) is 6.10 Å². The standard InChI is InChI=1S/C10H19NO2/c1-2-6-13-8-10(12)9-4-3-5-11-7-9/h2,9-12H,1,3-8H2. The first-order valence-electron chi connectivity index (χ1n) is 4.92. The zero-order valence-corrected chi connectivity index (χ0v) is 8.04. The van der Waals surface area contributed by atoms with E-state index in [2.05, 4.69) is 11.9 Å². The van der Waals surface area contributed by atoms with Crippen LogP contribution >= 0.6 is 0 Å². The molecule has 0 aromatic heterocycles. The quantitative estimate of drug-likeness (QED) is 0.485. The van der Waals surface area contributed by atoms with E-state index < -0.39 is 0 Å². The third-order valence-electron chi connectivity index (χ3n) is 2.40. The Morgan fingerprint density at radius 3 is 3.15 bits per heavy atom. The lowest BCUT2D eigenvalue weighted by Crippen LogP contribution is -2.38. The Labute approximate surface area is 79.8 Å². The minimum atomic E-state index is -0.326. The molecule has 0 spiro atoms. The molecule has 1 saturated heterocycles. The van der Waals surface area contributed by atoms with Gasteiger partial charge >= 0.3 is 0 Å². The van der Waals surface area contributed by atoms with E-state index in [1.54, 1.807) is 6.08 Å². The van der Waals surface area contributed by atoms with E-state index in [4.69, 9.17) is 4.74 Å². The maximum absolute atomic E-state index is 9.70. The summed E-state index contributed by atoms with van der Waals surface area (Å²) in [6.45, 7) is 6.50. The third kappa shape index (κ3) is 3.89. The summed E-state index contributed by atoms with van der Waals surface area (Å²) in [6, 6.07) is 0. The van der Waals surface area contributed by atoms with Gasteiger partial charge in [-0.2, -0.15) is 0 Å². The number of ether oxygens (including phenoxy) is 1. The van der Waals surface area contributed by atoms with Gasteiger partial charge < -0.3 is 15.2 Å². The van der Waals surface area contributed by atoms with Crippen molar-refractivity contribution in [2.75, 3.05) is 26.3 Å². The van der Waals surface area contributed by atoms with Crippen LogP contribution < -0.4 is 5.32 Å². The number of aliphatic hydroxyl groups excluding tert-OH is 1. The summed E-state index contributed by atoms with van der Waals surface area (Å²) in [6.07, 6.45) is 3.63. The molecule has 1 heterocycles. The molecule has 0 saturated carbocycles. The Kier molecular flexibility index (Phi) is 5.05. The van der Waals surface area contributed by atoms with Gasteiger partial charge in [-0.25, -0.2) is 0 Å². The second-order valence-corrected chi connectivity index (χ2v) is 3.50. The summed E-state index contributed by atoms with van der Waals surface area (Å²) in [5, 5.41) is 13.0. The molecule has 2 N–H and O–H groups in total. The van der Waals surface area contributed by atoms with Crippen molar-refractivity contribution in [1.82, 2.24) is 5.32 Å². The summed E-state index contributed by atoms with van der Waals surface area (Å²) in [5.74, 6) is 0.360. The minimum Gasteiger partial charge on any atom is -0.390 e. The van der Waals surface area contributed by atoms with Crippen LogP contribution in [0, 0.1) is 5.92 Å². The first kappa shape index (κ1) is 10.7. The lowest BCUT2D eigenvalue weighted by molar-refractivity contribution is 0.00738. The minimum absolute atomic E-state index is 0.326. The van der Waals surface area contributed by atoms with E-state index in [0.29, 0.717) is 19.1 Å². The number of aliphatic hydroxyl groups is 1. The molecule has 1 fully saturated rings. The largest absolute Gasteiger partial charge is 0.390 e. The summed E-state index contributed by atoms with van der Waals surface area (Å²) in [4.78, 5) is 0. The molecule has 1 rings (SSSR count). The van der Waals surface area contributed by atoms with Crippen molar-refractivity contribution in [1.29, 1.82) is 0 Å². The molecule has 13 heavy (non-hydrogen) atoms. The number of hydrogen-bond donors (Lipinski definition) is 2. The van der Waals surface area contributed by atoms with Crippen LogP contribution in [-0.2, 0) is 4.74 Å². The SMILES string of the molecule is C=CCOCC(O)C1CCCNC1. The first-order chi connectivity index (χ1) is 6.34. The van der Waals surface area contributed by atoms with E-state index in [9.17, 15) is 5.11 Å². The van der Waals surface area contributed by atoms with E-state index in [1.165, 1.54) is 0 Å². The molecule has 1 aliphatic rings. The number of nitrogens with one attached hydrogen (secondary N) is 1. The molecular weight excluding hydrogens is 166 g/mol. The van der Waals surface area contributed by atoms with Crippen molar-refractivity contribution in [3.05, 3.63) is 12.7 Å². The Morgan fingerprint density at radius 1 is 1.69 bits per heavy atom. The molecule has 2 unspecified atom stereocenters. The lowest BCUT2D eigenvalue weighted by Gasteiger charge is -2.26. The van der Waals surface area contributed by atoms with E-state index >= 15 is 0 Å². The van der Waals surface area contributed by atoms with Gasteiger partial charge in [-0.3, -0.25) is 0 Å². The second kappa shape index (κ2) is 6.13. The summed E-state index contributed by atoms with van der Waals surface area (Å²) in [5.41, 5.74) is 0. The van der Waals surface area contributed by atoms with Crippen molar-refractivity contribution in [2.24, 2.45) is 5.92 Å². The molecule has 1 aliphatic heterocycles. The van der Waals surface area contributed by atoms with Crippen LogP contribution in [0.5, 0.6) is 0 Å². The third-order valence-corrected chi connectivity index (χ3v) is 2.40. The summed E-state index contributed by atoms with van der Waals surface area (Å²) < 4.78 is 5.20. The van der Waals surface area contributed by atoms with Gasteiger partial charge in [0.1, 0.15) is 0 Å². The monoisotopic (exact) mass is 185 g/mol. The predicted octanol–water partition coefficient (Wildman–Crippen LogP) is 0.549. The van der Waals surface area contributed by atoms with Gasteiger partial charge in [0, 0.05) is 6.54 Å². The van der Waals surface area contributed by atoms with Crippen molar-refractivity contribution in [2.45, 2.75) is 18.9 Å². The normalized spacial score (nSPS) is 25.5. The zero-order valence-electron chi connectivity index (χ0n) is 8.04. The maximum atomic E-state index is 9.70. The van der Waals surface area contributed by atoms with Gasteiger partial charge in [0.15, 0.2) is 0 Å². The lowest BCUT2D eigenvalue weighted by atomic mass is 9.94. The molecule has 0 aromatic carbocycles. The topological polar surface area (TPSA) is 41.5 Å². The molecule has 3 nitrogen and oxygen atoms in total. The highest BCUT2D eigenvalue weighted by Gasteiger charge is 2.21. The van der Waals surface area contributed by atoms with Crippen molar-refractivity contribution < 1.29 is 9.84 Å².